The molecule has 0 saturated carbocycles. The summed E-state index contributed by atoms with van der Waals surface area (Å²) in [6.07, 6.45) is -0.823. The molecule has 0 amide bonds. The molecule has 4 heteroatoms. The molecule has 0 heterocycles. The van der Waals surface area contributed by atoms with E-state index >= 15 is 0 Å². The smallest absolute Gasteiger partial charge is 0.142 e. The average molecular weight is 286 g/mol. The van der Waals surface area contributed by atoms with Gasteiger partial charge in [0, 0.05) is 12.1 Å². The Labute approximate surface area is 120 Å². The van der Waals surface area contributed by atoms with Crippen LogP contribution >= 0.6 is 11.6 Å². The fraction of sp³-hybridized carbons (Fsp3) is 0.600. The Morgan fingerprint density at radius 3 is 2.53 bits per heavy atom. The van der Waals surface area contributed by atoms with Gasteiger partial charge in [-0.05, 0) is 32.4 Å². The Bertz CT molecular complexity index is 394. The minimum Gasteiger partial charge on any atom is -0.486 e. The Hall–Kier alpha value is -0.770. The van der Waals surface area contributed by atoms with E-state index in [2.05, 4.69) is 19.2 Å². The Morgan fingerprint density at radius 1 is 1.26 bits per heavy atom. The number of ether oxygens (including phenoxy) is 1. The highest BCUT2D eigenvalue weighted by Gasteiger charge is 2.15. The second-order valence-electron chi connectivity index (χ2n) is 5.32. The van der Waals surface area contributed by atoms with Gasteiger partial charge in [-0.25, -0.2) is 0 Å². The number of aliphatic hydroxyl groups excluding tert-OH is 1. The largest absolute Gasteiger partial charge is 0.486 e. The highest BCUT2D eigenvalue weighted by atomic mass is 35.5. The minimum absolute atomic E-state index is 0.288. The summed E-state index contributed by atoms with van der Waals surface area (Å²) in [4.78, 5) is 0. The second kappa shape index (κ2) is 7.73. The molecular weight excluding hydrogens is 262 g/mol. The molecule has 0 saturated heterocycles. The number of nitrogens with one attached hydrogen (secondary N) is 1. The van der Waals surface area contributed by atoms with E-state index in [1.165, 1.54) is 0 Å². The third kappa shape index (κ3) is 5.39. The van der Waals surface area contributed by atoms with Gasteiger partial charge >= 0.3 is 0 Å². The molecule has 0 aromatic heterocycles. The molecule has 108 valence electrons. The van der Waals surface area contributed by atoms with E-state index in [-0.39, 0.29) is 6.10 Å². The summed E-state index contributed by atoms with van der Waals surface area (Å²) in [6.45, 7) is 9.52. The van der Waals surface area contributed by atoms with E-state index in [0.717, 1.165) is 12.1 Å². The maximum Gasteiger partial charge on any atom is 0.142 e. The van der Waals surface area contributed by atoms with Crippen molar-refractivity contribution in [2.24, 2.45) is 5.92 Å². The van der Waals surface area contributed by atoms with Crippen LogP contribution in [0, 0.1) is 5.92 Å². The first-order valence-corrected chi connectivity index (χ1v) is 7.12. The van der Waals surface area contributed by atoms with Crippen LogP contribution in [0.5, 0.6) is 5.75 Å². The van der Waals surface area contributed by atoms with Gasteiger partial charge in [-0.15, -0.1) is 0 Å². The van der Waals surface area contributed by atoms with E-state index in [4.69, 9.17) is 16.3 Å². The summed E-state index contributed by atoms with van der Waals surface area (Å²) < 4.78 is 5.77. The lowest BCUT2D eigenvalue weighted by atomic mass is 10.1. The van der Waals surface area contributed by atoms with Crippen LogP contribution in [0.1, 0.15) is 33.3 Å². The highest BCUT2D eigenvalue weighted by molar-refractivity contribution is 6.32. The summed E-state index contributed by atoms with van der Waals surface area (Å²) in [7, 11) is 0. The predicted molar refractivity (Wildman–Crippen MR) is 79.8 cm³/mol. The van der Waals surface area contributed by atoms with Crippen molar-refractivity contribution in [1.82, 2.24) is 5.32 Å². The predicted octanol–water partition coefficient (Wildman–Crippen LogP) is 3.23. The number of aliphatic hydroxyl groups is 1. The Balaban J connectivity index is 2.77. The van der Waals surface area contributed by atoms with Crippen molar-refractivity contribution in [1.29, 1.82) is 0 Å². The molecular formula is C15H24ClNO2. The maximum atomic E-state index is 9.53. The van der Waals surface area contributed by atoms with Crippen LogP contribution in [-0.4, -0.2) is 23.9 Å². The monoisotopic (exact) mass is 285 g/mol. The van der Waals surface area contributed by atoms with Crippen molar-refractivity contribution in [3.05, 3.63) is 28.8 Å². The van der Waals surface area contributed by atoms with Crippen LogP contribution < -0.4 is 10.1 Å². The first-order chi connectivity index (χ1) is 8.91. The molecule has 2 unspecified atom stereocenters. The lowest BCUT2D eigenvalue weighted by Gasteiger charge is -2.21. The molecule has 19 heavy (non-hydrogen) atoms. The van der Waals surface area contributed by atoms with E-state index in [1.54, 1.807) is 13.0 Å². The molecule has 0 aliphatic rings. The fourth-order valence-corrected chi connectivity index (χ4v) is 1.84. The van der Waals surface area contributed by atoms with Crippen LogP contribution in [0.15, 0.2) is 18.2 Å². The van der Waals surface area contributed by atoms with Crippen LogP contribution in [0.2, 0.25) is 5.02 Å². The first kappa shape index (κ1) is 16.3. The molecule has 2 atom stereocenters. The van der Waals surface area contributed by atoms with E-state index in [9.17, 15) is 5.11 Å². The van der Waals surface area contributed by atoms with Crippen molar-refractivity contribution in [3.8, 4) is 5.75 Å². The SMILES string of the molecule is CC(C)CNCc1cccc(Cl)c1OC(C)C(C)O. The van der Waals surface area contributed by atoms with Crippen molar-refractivity contribution >= 4 is 11.6 Å². The number of rotatable bonds is 7. The zero-order valence-corrected chi connectivity index (χ0v) is 12.9. The number of para-hydroxylation sites is 1. The summed E-state index contributed by atoms with van der Waals surface area (Å²) in [6, 6.07) is 5.70. The van der Waals surface area contributed by atoms with Gasteiger partial charge in [0.05, 0.1) is 11.1 Å². The molecule has 0 radical (unpaired) electrons. The Morgan fingerprint density at radius 2 is 1.95 bits per heavy atom. The van der Waals surface area contributed by atoms with Gasteiger partial charge in [-0.3, -0.25) is 0 Å². The summed E-state index contributed by atoms with van der Waals surface area (Å²) in [5.41, 5.74) is 1.01. The van der Waals surface area contributed by atoms with Crippen LogP contribution in [0.4, 0.5) is 0 Å². The van der Waals surface area contributed by atoms with Crippen LogP contribution in [-0.2, 0) is 6.54 Å². The number of benzene rings is 1. The van der Waals surface area contributed by atoms with Gasteiger partial charge in [-0.1, -0.05) is 37.6 Å². The summed E-state index contributed by atoms with van der Waals surface area (Å²) >= 11 is 6.19. The molecule has 0 bridgehead atoms. The molecule has 1 rings (SSSR count). The van der Waals surface area contributed by atoms with E-state index in [1.807, 2.05) is 19.1 Å². The quantitative estimate of drug-likeness (QED) is 0.808. The molecule has 3 nitrogen and oxygen atoms in total. The molecule has 0 spiro atoms. The number of hydrogen-bond acceptors (Lipinski definition) is 3. The van der Waals surface area contributed by atoms with Crippen molar-refractivity contribution in [2.75, 3.05) is 6.54 Å². The standard InChI is InChI=1S/C15H24ClNO2/c1-10(2)8-17-9-13-6-5-7-14(16)15(13)19-12(4)11(3)18/h5-7,10-12,17-18H,8-9H2,1-4H3. The van der Waals surface area contributed by atoms with Crippen molar-refractivity contribution in [3.63, 3.8) is 0 Å². The van der Waals surface area contributed by atoms with E-state index < -0.39 is 6.10 Å². The fourth-order valence-electron chi connectivity index (χ4n) is 1.60. The van der Waals surface area contributed by atoms with Gasteiger partial charge < -0.3 is 15.2 Å². The first-order valence-electron chi connectivity index (χ1n) is 6.74. The third-order valence-electron chi connectivity index (χ3n) is 2.90. The van der Waals surface area contributed by atoms with Crippen LogP contribution in [0.25, 0.3) is 0 Å². The number of halogens is 1. The van der Waals surface area contributed by atoms with E-state index in [0.29, 0.717) is 23.2 Å². The van der Waals surface area contributed by atoms with Crippen molar-refractivity contribution < 1.29 is 9.84 Å². The molecule has 0 aliphatic carbocycles. The van der Waals surface area contributed by atoms with Gasteiger partial charge in [0.1, 0.15) is 11.9 Å². The normalized spacial score (nSPS) is 14.5. The number of hydrogen-bond donors (Lipinski definition) is 2. The zero-order valence-electron chi connectivity index (χ0n) is 12.1. The molecule has 0 fully saturated rings. The zero-order chi connectivity index (χ0) is 14.4. The minimum atomic E-state index is -0.534. The lowest BCUT2D eigenvalue weighted by Crippen LogP contribution is -2.27. The third-order valence-corrected chi connectivity index (χ3v) is 3.20. The summed E-state index contributed by atoms with van der Waals surface area (Å²) in [5.74, 6) is 1.26. The maximum absolute atomic E-state index is 9.53. The highest BCUT2D eigenvalue weighted by Crippen LogP contribution is 2.30. The van der Waals surface area contributed by atoms with Gasteiger partial charge in [-0.2, -0.15) is 0 Å². The Kier molecular flexibility index (Phi) is 6.63. The van der Waals surface area contributed by atoms with Gasteiger partial charge in [0.2, 0.25) is 0 Å². The molecule has 0 aliphatic heterocycles. The van der Waals surface area contributed by atoms with Crippen LogP contribution in [0.3, 0.4) is 0 Å². The lowest BCUT2D eigenvalue weighted by molar-refractivity contribution is 0.0598. The molecule has 1 aromatic carbocycles. The van der Waals surface area contributed by atoms with Crippen molar-refractivity contribution in [2.45, 2.75) is 46.4 Å². The van der Waals surface area contributed by atoms with Gasteiger partial charge in [0.25, 0.3) is 0 Å². The topological polar surface area (TPSA) is 41.5 Å². The van der Waals surface area contributed by atoms with Gasteiger partial charge in [0.15, 0.2) is 0 Å². The molecule has 2 N–H and O–H groups in total. The average Bonchev–Trinajstić information content (AvgIpc) is 2.32. The summed E-state index contributed by atoms with van der Waals surface area (Å²) in [5, 5.41) is 13.5. The second-order valence-corrected chi connectivity index (χ2v) is 5.72. The molecule has 1 aromatic rings.